The first-order valence-electron chi connectivity index (χ1n) is 7.68. The number of carboxylic acid groups (broad SMARTS) is 1. The highest BCUT2D eigenvalue weighted by Crippen LogP contribution is 2.42. The number of carboxylic acids is 1. The second-order valence-corrected chi connectivity index (χ2v) is 6.59. The minimum atomic E-state index is -5.08. The largest absolute Gasteiger partial charge is 0.490 e. The summed E-state index contributed by atoms with van der Waals surface area (Å²) in [6, 6.07) is 10.3. The van der Waals surface area contributed by atoms with Crippen LogP contribution in [0.2, 0.25) is 0 Å². The van der Waals surface area contributed by atoms with Gasteiger partial charge in [-0.1, -0.05) is 30.3 Å². The number of carbonyl (C=O) groups excluding carboxylic acids is 1. The van der Waals surface area contributed by atoms with Crippen LogP contribution in [0.3, 0.4) is 0 Å². The van der Waals surface area contributed by atoms with E-state index >= 15 is 0 Å². The first-order chi connectivity index (χ1) is 12.2. The van der Waals surface area contributed by atoms with Gasteiger partial charge in [0, 0.05) is 23.9 Å². The number of rotatable bonds is 2. The molecule has 2 heterocycles. The molecule has 0 saturated heterocycles. The Morgan fingerprint density at radius 3 is 2.38 bits per heavy atom. The van der Waals surface area contributed by atoms with Crippen LogP contribution < -0.4 is 10.6 Å². The van der Waals surface area contributed by atoms with Crippen LogP contribution in [0.15, 0.2) is 30.3 Å². The van der Waals surface area contributed by atoms with Crippen molar-refractivity contribution in [1.29, 1.82) is 0 Å². The third kappa shape index (κ3) is 5.06. The topological polar surface area (TPSA) is 78.4 Å². The monoisotopic (exact) mass is 386 g/mol. The molecule has 0 atom stereocenters. The number of carbonyl (C=O) groups is 2. The zero-order valence-corrected chi connectivity index (χ0v) is 14.6. The fourth-order valence-corrected chi connectivity index (χ4v) is 3.78. The fourth-order valence-electron chi connectivity index (χ4n) is 2.49. The summed E-state index contributed by atoms with van der Waals surface area (Å²) in [5.74, 6) is -2.77. The average Bonchev–Trinajstić information content (AvgIpc) is 2.92. The quantitative estimate of drug-likeness (QED) is 0.736. The number of benzene rings is 1. The van der Waals surface area contributed by atoms with Crippen molar-refractivity contribution in [2.75, 3.05) is 11.9 Å². The predicted molar refractivity (Wildman–Crippen MR) is 93.2 cm³/mol. The van der Waals surface area contributed by atoms with Crippen LogP contribution in [0.5, 0.6) is 0 Å². The lowest BCUT2D eigenvalue weighted by atomic mass is 9.98. The number of fused-ring (bicyclic) bond motifs is 1. The molecule has 1 aromatic heterocycles. The number of thiophene rings is 1. The number of anilines is 1. The van der Waals surface area contributed by atoms with Gasteiger partial charge in [-0.25, -0.2) is 4.79 Å². The van der Waals surface area contributed by atoms with Crippen molar-refractivity contribution in [1.82, 2.24) is 5.32 Å². The summed E-state index contributed by atoms with van der Waals surface area (Å²) in [4.78, 5) is 21.6. The van der Waals surface area contributed by atoms with Gasteiger partial charge in [0.15, 0.2) is 0 Å². The molecule has 2 aromatic rings. The van der Waals surface area contributed by atoms with Gasteiger partial charge in [-0.3, -0.25) is 4.79 Å². The SMILES string of the molecule is CC(=O)Nc1sc2c(c1-c1ccccc1)CCNC2.O=C(O)C(F)(F)F. The van der Waals surface area contributed by atoms with Crippen LogP contribution in [0, 0.1) is 0 Å². The van der Waals surface area contributed by atoms with Crippen molar-refractivity contribution in [2.45, 2.75) is 26.1 Å². The van der Waals surface area contributed by atoms with Crippen molar-refractivity contribution < 1.29 is 27.9 Å². The maximum atomic E-state index is 11.4. The average molecular weight is 386 g/mol. The molecule has 0 radical (unpaired) electrons. The van der Waals surface area contributed by atoms with Gasteiger partial charge in [0.05, 0.1) is 0 Å². The second-order valence-electron chi connectivity index (χ2n) is 5.48. The molecule has 0 saturated carbocycles. The Morgan fingerprint density at radius 2 is 1.85 bits per heavy atom. The maximum absolute atomic E-state index is 11.4. The molecule has 1 aliphatic rings. The molecule has 9 heteroatoms. The summed E-state index contributed by atoms with van der Waals surface area (Å²) >= 11 is 1.69. The highest BCUT2D eigenvalue weighted by atomic mass is 32.1. The number of alkyl halides is 3. The van der Waals surface area contributed by atoms with E-state index < -0.39 is 12.1 Å². The molecule has 0 unspecified atom stereocenters. The summed E-state index contributed by atoms with van der Waals surface area (Å²) in [5.41, 5.74) is 3.78. The summed E-state index contributed by atoms with van der Waals surface area (Å²) in [6.45, 7) is 3.47. The molecule has 1 aromatic carbocycles. The van der Waals surface area contributed by atoms with Crippen LogP contribution in [0.4, 0.5) is 18.2 Å². The third-order valence-electron chi connectivity index (χ3n) is 3.52. The maximum Gasteiger partial charge on any atom is 0.490 e. The van der Waals surface area contributed by atoms with E-state index in [9.17, 15) is 18.0 Å². The Morgan fingerprint density at radius 1 is 1.23 bits per heavy atom. The molecular formula is C17H17F3N2O3S. The number of hydrogen-bond acceptors (Lipinski definition) is 4. The Kier molecular flexibility index (Phi) is 6.38. The van der Waals surface area contributed by atoms with E-state index in [0.29, 0.717) is 0 Å². The summed E-state index contributed by atoms with van der Waals surface area (Å²) in [7, 11) is 0. The van der Waals surface area contributed by atoms with Gasteiger partial charge in [-0.15, -0.1) is 11.3 Å². The zero-order chi connectivity index (χ0) is 19.3. The first kappa shape index (κ1) is 19.9. The van der Waals surface area contributed by atoms with Gasteiger partial charge in [0.1, 0.15) is 5.00 Å². The summed E-state index contributed by atoms with van der Waals surface area (Å²) in [6.07, 6.45) is -4.06. The van der Waals surface area contributed by atoms with E-state index in [-0.39, 0.29) is 5.91 Å². The van der Waals surface area contributed by atoms with Crippen LogP contribution >= 0.6 is 11.3 Å². The van der Waals surface area contributed by atoms with Crippen molar-refractivity contribution in [3.8, 4) is 11.1 Å². The van der Waals surface area contributed by atoms with Crippen LogP contribution in [-0.2, 0) is 22.6 Å². The normalized spacial score (nSPS) is 13.2. The van der Waals surface area contributed by atoms with Gasteiger partial charge in [0.25, 0.3) is 0 Å². The first-order valence-corrected chi connectivity index (χ1v) is 8.50. The van der Waals surface area contributed by atoms with Crippen LogP contribution in [0.25, 0.3) is 11.1 Å². The Bertz CT molecular complexity index is 789. The van der Waals surface area contributed by atoms with Crippen molar-refractivity contribution in [2.24, 2.45) is 0 Å². The van der Waals surface area contributed by atoms with Gasteiger partial charge >= 0.3 is 12.1 Å². The number of halogens is 3. The molecule has 0 aliphatic carbocycles. The minimum Gasteiger partial charge on any atom is -0.475 e. The van der Waals surface area contributed by atoms with Gasteiger partial charge in [0.2, 0.25) is 5.91 Å². The summed E-state index contributed by atoms with van der Waals surface area (Å²) < 4.78 is 31.7. The number of nitrogens with one attached hydrogen (secondary N) is 2. The molecule has 5 nitrogen and oxygen atoms in total. The van der Waals surface area contributed by atoms with E-state index in [1.165, 1.54) is 21.6 Å². The standard InChI is InChI=1S/C15H16N2OS.C2HF3O2/c1-10(18)17-15-14(11-5-3-2-4-6-11)12-7-8-16-9-13(12)19-15;3-2(4,5)1(6)7/h2-6,16H,7-9H2,1H3,(H,17,18);(H,6,7). The lowest BCUT2D eigenvalue weighted by molar-refractivity contribution is -0.192. The number of hydrogen-bond donors (Lipinski definition) is 3. The molecule has 1 aliphatic heterocycles. The Hall–Kier alpha value is -2.39. The minimum absolute atomic E-state index is 0.0104. The fraction of sp³-hybridized carbons (Fsp3) is 0.294. The van der Waals surface area contributed by atoms with E-state index in [0.717, 1.165) is 24.5 Å². The van der Waals surface area contributed by atoms with Crippen molar-refractivity contribution in [3.05, 3.63) is 40.8 Å². The lowest BCUT2D eigenvalue weighted by Gasteiger charge is -2.14. The van der Waals surface area contributed by atoms with Crippen LogP contribution in [-0.4, -0.2) is 29.7 Å². The third-order valence-corrected chi connectivity index (χ3v) is 4.67. The van der Waals surface area contributed by atoms with Gasteiger partial charge in [-0.2, -0.15) is 13.2 Å². The zero-order valence-electron chi connectivity index (χ0n) is 13.8. The van der Waals surface area contributed by atoms with E-state index in [1.807, 2.05) is 18.2 Å². The van der Waals surface area contributed by atoms with Gasteiger partial charge < -0.3 is 15.7 Å². The van der Waals surface area contributed by atoms with Crippen molar-refractivity contribution >= 4 is 28.2 Å². The number of aliphatic carboxylic acids is 1. The van der Waals surface area contributed by atoms with Gasteiger partial charge in [-0.05, 0) is 24.1 Å². The molecule has 1 amide bonds. The molecule has 26 heavy (non-hydrogen) atoms. The molecule has 0 bridgehead atoms. The lowest BCUT2D eigenvalue weighted by Crippen LogP contribution is -2.22. The van der Waals surface area contributed by atoms with Crippen molar-refractivity contribution in [3.63, 3.8) is 0 Å². The van der Waals surface area contributed by atoms with E-state index in [1.54, 1.807) is 18.3 Å². The molecule has 3 rings (SSSR count). The molecule has 3 N–H and O–H groups in total. The molecule has 0 spiro atoms. The number of amides is 1. The Labute approximate surface area is 151 Å². The second kappa shape index (κ2) is 8.33. The van der Waals surface area contributed by atoms with E-state index in [4.69, 9.17) is 9.90 Å². The predicted octanol–water partition coefficient (Wildman–Crippen LogP) is 3.65. The molecule has 0 fully saturated rings. The molecule has 140 valence electrons. The molecular weight excluding hydrogens is 369 g/mol. The highest BCUT2D eigenvalue weighted by molar-refractivity contribution is 7.17. The van der Waals surface area contributed by atoms with Crippen LogP contribution in [0.1, 0.15) is 17.4 Å². The summed E-state index contributed by atoms with van der Waals surface area (Å²) in [5, 5.41) is 14.5. The smallest absolute Gasteiger partial charge is 0.475 e. The van der Waals surface area contributed by atoms with E-state index in [2.05, 4.69) is 22.8 Å². The Balaban J connectivity index is 0.000000298. The highest BCUT2D eigenvalue weighted by Gasteiger charge is 2.38.